The van der Waals surface area contributed by atoms with Crippen molar-refractivity contribution >= 4 is 11.8 Å². The minimum absolute atomic E-state index is 0.236. The van der Waals surface area contributed by atoms with Crippen molar-refractivity contribution in [3.8, 4) is 12.3 Å². The summed E-state index contributed by atoms with van der Waals surface area (Å²) in [5.41, 5.74) is 0. The fraction of sp³-hybridized carbons (Fsp3) is 0.833. The van der Waals surface area contributed by atoms with Gasteiger partial charge in [-0.2, -0.15) is 11.8 Å². The van der Waals surface area contributed by atoms with Crippen LogP contribution in [0.1, 0.15) is 40.0 Å². The summed E-state index contributed by atoms with van der Waals surface area (Å²) in [6.45, 7) is 7.64. The molecule has 0 aliphatic heterocycles. The Bertz CT molecular complexity index is 171. The first kappa shape index (κ1) is 13.9. The Morgan fingerprint density at radius 2 is 1.93 bits per heavy atom. The van der Waals surface area contributed by atoms with E-state index in [4.69, 9.17) is 6.42 Å². The Morgan fingerprint density at radius 3 is 2.21 bits per heavy atom. The number of hydrogen-bond acceptors (Lipinski definition) is 2. The Kier molecular flexibility index (Phi) is 7.13. The molecule has 0 fully saturated rings. The summed E-state index contributed by atoms with van der Waals surface area (Å²) in [5.74, 6) is 2.78. The second kappa shape index (κ2) is 7.20. The van der Waals surface area contributed by atoms with Gasteiger partial charge in [0.15, 0.2) is 0 Å². The summed E-state index contributed by atoms with van der Waals surface area (Å²) in [5, 5.41) is 3.46. The highest BCUT2D eigenvalue weighted by molar-refractivity contribution is 8.00. The number of rotatable bonds is 7. The number of thioether (sulfide) groups is 1. The zero-order valence-electron chi connectivity index (χ0n) is 9.89. The smallest absolute Gasteiger partial charge is 0.0684 e. The molecule has 0 saturated heterocycles. The van der Waals surface area contributed by atoms with Crippen molar-refractivity contribution in [2.24, 2.45) is 0 Å². The topological polar surface area (TPSA) is 12.0 Å². The summed E-state index contributed by atoms with van der Waals surface area (Å²) in [7, 11) is 0. The van der Waals surface area contributed by atoms with Crippen LogP contribution in [0.4, 0.5) is 0 Å². The lowest BCUT2D eigenvalue weighted by molar-refractivity contribution is 0.470. The van der Waals surface area contributed by atoms with Gasteiger partial charge in [0.2, 0.25) is 0 Å². The molecule has 0 aromatic carbocycles. The van der Waals surface area contributed by atoms with Gasteiger partial charge in [-0.15, -0.1) is 6.42 Å². The van der Waals surface area contributed by atoms with Gasteiger partial charge >= 0.3 is 0 Å². The fourth-order valence-corrected chi connectivity index (χ4v) is 2.30. The van der Waals surface area contributed by atoms with Crippen molar-refractivity contribution in [3.05, 3.63) is 0 Å². The highest BCUT2D eigenvalue weighted by Gasteiger charge is 2.24. The molecule has 0 rings (SSSR count). The lowest BCUT2D eigenvalue weighted by atomic mass is 10.0. The van der Waals surface area contributed by atoms with Gasteiger partial charge in [0, 0.05) is 11.3 Å². The molecule has 0 bridgehead atoms. The van der Waals surface area contributed by atoms with Gasteiger partial charge in [0.25, 0.3) is 0 Å². The molecule has 0 amide bonds. The molecule has 82 valence electrons. The molecule has 1 atom stereocenters. The molecule has 0 spiro atoms. The lowest BCUT2D eigenvalue weighted by Crippen LogP contribution is -2.41. The first-order valence-electron chi connectivity index (χ1n) is 5.42. The molecule has 1 unspecified atom stereocenters. The second-order valence-electron chi connectivity index (χ2n) is 3.60. The van der Waals surface area contributed by atoms with Crippen LogP contribution in [-0.2, 0) is 0 Å². The van der Waals surface area contributed by atoms with E-state index in [9.17, 15) is 0 Å². The van der Waals surface area contributed by atoms with E-state index in [0.29, 0.717) is 4.75 Å². The van der Waals surface area contributed by atoms with Crippen LogP contribution in [0.15, 0.2) is 0 Å². The van der Waals surface area contributed by atoms with Crippen molar-refractivity contribution in [1.82, 2.24) is 5.32 Å². The molecule has 0 aromatic heterocycles. The molecule has 0 heterocycles. The summed E-state index contributed by atoms with van der Waals surface area (Å²) in [6, 6.07) is 0.236. The molecule has 2 heteroatoms. The quantitative estimate of drug-likeness (QED) is 0.653. The van der Waals surface area contributed by atoms with Crippen LogP contribution in [0.2, 0.25) is 0 Å². The van der Waals surface area contributed by atoms with Gasteiger partial charge in [-0.05, 0) is 25.5 Å². The minimum Gasteiger partial charge on any atom is -0.302 e. The van der Waals surface area contributed by atoms with Crippen LogP contribution in [0, 0.1) is 12.3 Å². The third-order valence-corrected chi connectivity index (χ3v) is 4.59. The van der Waals surface area contributed by atoms with Crippen molar-refractivity contribution in [1.29, 1.82) is 0 Å². The zero-order chi connectivity index (χ0) is 11.0. The van der Waals surface area contributed by atoms with Gasteiger partial charge in [-0.25, -0.2) is 0 Å². The van der Waals surface area contributed by atoms with Crippen molar-refractivity contribution in [3.63, 3.8) is 0 Å². The van der Waals surface area contributed by atoms with Crippen LogP contribution in [0.5, 0.6) is 0 Å². The molecule has 0 radical (unpaired) electrons. The van der Waals surface area contributed by atoms with E-state index < -0.39 is 0 Å². The third kappa shape index (κ3) is 3.94. The summed E-state index contributed by atoms with van der Waals surface area (Å²) < 4.78 is 0.365. The standard InChI is InChI=1S/C12H23NS/c1-6-11(7-2)13-10-12(8-3,9-4)14-5/h1,11,13H,7-10H2,2-5H3. The predicted molar refractivity (Wildman–Crippen MR) is 67.7 cm³/mol. The van der Waals surface area contributed by atoms with Crippen molar-refractivity contribution < 1.29 is 0 Å². The average Bonchev–Trinajstić information content (AvgIpc) is 2.26. The Balaban J connectivity index is 4.12. The third-order valence-electron chi connectivity index (χ3n) is 3.00. The van der Waals surface area contributed by atoms with E-state index in [1.807, 2.05) is 11.8 Å². The zero-order valence-corrected chi connectivity index (χ0v) is 10.7. The van der Waals surface area contributed by atoms with E-state index in [-0.39, 0.29) is 6.04 Å². The molecule has 0 saturated carbocycles. The second-order valence-corrected chi connectivity index (χ2v) is 4.88. The Hall–Kier alpha value is -0.130. The van der Waals surface area contributed by atoms with E-state index in [2.05, 4.69) is 38.3 Å². The van der Waals surface area contributed by atoms with Crippen LogP contribution < -0.4 is 5.32 Å². The first-order chi connectivity index (χ1) is 6.67. The van der Waals surface area contributed by atoms with Crippen molar-refractivity contribution in [2.75, 3.05) is 12.8 Å². The molecule has 14 heavy (non-hydrogen) atoms. The van der Waals surface area contributed by atoms with Gasteiger partial charge < -0.3 is 5.32 Å². The summed E-state index contributed by atoms with van der Waals surface area (Å²) in [6.07, 6.45) is 11.0. The Labute approximate surface area is 93.4 Å². The number of terminal acetylenes is 1. The molecular weight excluding hydrogens is 190 g/mol. The molecule has 1 N–H and O–H groups in total. The average molecular weight is 213 g/mol. The maximum Gasteiger partial charge on any atom is 0.0684 e. The van der Waals surface area contributed by atoms with Gasteiger partial charge in [0.1, 0.15) is 0 Å². The minimum atomic E-state index is 0.236. The van der Waals surface area contributed by atoms with Gasteiger partial charge in [0.05, 0.1) is 6.04 Å². The largest absolute Gasteiger partial charge is 0.302 e. The van der Waals surface area contributed by atoms with Crippen LogP contribution in [0.25, 0.3) is 0 Å². The van der Waals surface area contributed by atoms with E-state index >= 15 is 0 Å². The predicted octanol–water partition coefficient (Wildman–Crippen LogP) is 2.91. The SMILES string of the molecule is C#CC(CC)NCC(CC)(CC)SC. The fourth-order valence-electron chi connectivity index (χ4n) is 1.49. The first-order valence-corrected chi connectivity index (χ1v) is 6.65. The Morgan fingerprint density at radius 1 is 1.36 bits per heavy atom. The normalized spacial score (nSPS) is 13.6. The highest BCUT2D eigenvalue weighted by atomic mass is 32.2. The molecule has 0 aliphatic rings. The maximum atomic E-state index is 5.42. The van der Waals surface area contributed by atoms with Crippen LogP contribution in [-0.4, -0.2) is 23.6 Å². The van der Waals surface area contributed by atoms with Crippen LogP contribution in [0.3, 0.4) is 0 Å². The highest BCUT2D eigenvalue weighted by Crippen LogP contribution is 2.29. The number of nitrogens with one attached hydrogen (secondary N) is 1. The lowest BCUT2D eigenvalue weighted by Gasteiger charge is -2.31. The maximum absolute atomic E-state index is 5.42. The van der Waals surface area contributed by atoms with Gasteiger partial charge in [-0.3, -0.25) is 0 Å². The molecule has 0 aromatic rings. The van der Waals surface area contributed by atoms with Gasteiger partial charge in [-0.1, -0.05) is 26.7 Å². The number of hydrogen-bond donors (Lipinski definition) is 1. The van der Waals surface area contributed by atoms with E-state index in [0.717, 1.165) is 13.0 Å². The molecule has 1 nitrogen and oxygen atoms in total. The molecular formula is C12H23NS. The van der Waals surface area contributed by atoms with Crippen LogP contribution >= 0.6 is 11.8 Å². The monoisotopic (exact) mass is 213 g/mol. The van der Waals surface area contributed by atoms with Crippen molar-refractivity contribution in [2.45, 2.75) is 50.8 Å². The summed E-state index contributed by atoms with van der Waals surface area (Å²) >= 11 is 1.95. The van der Waals surface area contributed by atoms with E-state index in [1.54, 1.807) is 0 Å². The molecule has 0 aliphatic carbocycles. The van der Waals surface area contributed by atoms with E-state index in [1.165, 1.54) is 12.8 Å². The summed E-state index contributed by atoms with van der Waals surface area (Å²) in [4.78, 5) is 0.